The third kappa shape index (κ3) is 6.97. The van der Waals surface area contributed by atoms with E-state index < -0.39 is 28.9 Å². The summed E-state index contributed by atoms with van der Waals surface area (Å²) in [4.78, 5) is 44.2. The lowest BCUT2D eigenvalue weighted by molar-refractivity contribution is -0.235. The van der Waals surface area contributed by atoms with Gasteiger partial charge in [0, 0.05) is 56.5 Å². The number of aryl methyl sites for hydroxylation is 1. The normalized spacial score (nSPS) is 37.6. The maximum atomic E-state index is 14.2. The Morgan fingerprint density at radius 1 is 0.860 bits per heavy atom. The van der Waals surface area contributed by atoms with Crippen molar-refractivity contribution in [2.45, 2.75) is 152 Å². The molecule has 8 nitrogen and oxygen atoms in total. The number of Topliss-reactive ketones (excluding diaryl/α,β-unsaturated/α-hetero) is 1. The number of esters is 1. The second-order valence-corrected chi connectivity index (χ2v) is 22.1. The molecule has 9 atom stereocenters. The van der Waals surface area contributed by atoms with Crippen LogP contribution < -0.4 is 0 Å². The summed E-state index contributed by atoms with van der Waals surface area (Å²) in [5.74, 6) is 0.167. The first-order chi connectivity index (χ1) is 26.6. The van der Waals surface area contributed by atoms with Crippen LogP contribution in [0, 0.1) is 63.1 Å². The zero-order valence-corrected chi connectivity index (χ0v) is 37.0. The molecule has 2 N–H and O–H groups in total. The van der Waals surface area contributed by atoms with Crippen molar-refractivity contribution in [3.63, 3.8) is 0 Å². The number of carboxylic acids is 1. The van der Waals surface area contributed by atoms with Crippen molar-refractivity contribution in [2.75, 3.05) is 32.7 Å². The lowest BCUT2D eigenvalue weighted by Gasteiger charge is -2.72. The van der Waals surface area contributed by atoms with Gasteiger partial charge in [0.2, 0.25) is 0 Å². The fourth-order valence-electron chi connectivity index (χ4n) is 14.4. The minimum absolute atomic E-state index is 0.00465. The maximum Gasteiger partial charge on any atom is 0.309 e. The van der Waals surface area contributed by atoms with Crippen molar-refractivity contribution in [2.24, 2.45) is 56.2 Å². The summed E-state index contributed by atoms with van der Waals surface area (Å²) in [6.07, 6.45) is 7.50. The molecule has 316 valence electrons. The van der Waals surface area contributed by atoms with E-state index in [2.05, 4.69) is 89.5 Å². The minimum Gasteiger partial charge on any atom is -0.481 e. The van der Waals surface area contributed by atoms with Crippen LogP contribution in [-0.4, -0.2) is 82.7 Å². The summed E-state index contributed by atoms with van der Waals surface area (Å²) in [5, 5.41) is 22.2. The number of ether oxygens (including phenoxy) is 1. The van der Waals surface area contributed by atoms with Crippen molar-refractivity contribution in [3.05, 3.63) is 46.5 Å². The van der Waals surface area contributed by atoms with E-state index in [0.29, 0.717) is 24.8 Å². The molecule has 0 bridgehead atoms. The Labute approximate surface area is 343 Å². The first-order valence-corrected chi connectivity index (χ1v) is 22.5. The highest BCUT2D eigenvalue weighted by molar-refractivity contribution is 6.00. The number of piperazine rings is 1. The second kappa shape index (κ2) is 14.9. The zero-order valence-electron chi connectivity index (χ0n) is 37.0. The molecule has 57 heavy (non-hydrogen) atoms. The number of ketones is 1. The van der Waals surface area contributed by atoms with Crippen LogP contribution in [0.1, 0.15) is 138 Å². The minimum atomic E-state index is -1.16. The van der Waals surface area contributed by atoms with Gasteiger partial charge in [-0.1, -0.05) is 83.9 Å². The Morgan fingerprint density at radius 2 is 1.51 bits per heavy atom. The number of carbonyl (C=O) groups is 3. The molecule has 1 unspecified atom stereocenters. The third-order valence-corrected chi connectivity index (χ3v) is 17.9. The Kier molecular flexibility index (Phi) is 11.1. The van der Waals surface area contributed by atoms with Crippen molar-refractivity contribution in [1.29, 1.82) is 0 Å². The van der Waals surface area contributed by atoms with Crippen LogP contribution in [0.5, 0.6) is 0 Å². The van der Waals surface area contributed by atoms with Gasteiger partial charge >= 0.3 is 11.9 Å². The van der Waals surface area contributed by atoms with Gasteiger partial charge in [0.05, 0.1) is 17.9 Å². The average molecular weight is 787 g/mol. The molecule has 5 fully saturated rings. The molecule has 4 saturated carbocycles. The number of carboxylic acid groups (broad SMARTS) is 1. The fourth-order valence-corrected chi connectivity index (χ4v) is 14.4. The number of carbonyl (C=O) groups excluding carboxylic acids is 2. The molecule has 0 aromatic heterocycles. The lowest BCUT2D eigenvalue weighted by Crippen LogP contribution is -2.66. The van der Waals surface area contributed by atoms with E-state index in [1.165, 1.54) is 16.7 Å². The van der Waals surface area contributed by atoms with Crippen molar-refractivity contribution >= 4 is 17.7 Å². The van der Waals surface area contributed by atoms with Gasteiger partial charge < -0.3 is 14.9 Å². The third-order valence-electron chi connectivity index (χ3n) is 17.9. The zero-order chi connectivity index (χ0) is 41.5. The van der Waals surface area contributed by atoms with Gasteiger partial charge in [0.25, 0.3) is 0 Å². The van der Waals surface area contributed by atoms with E-state index >= 15 is 0 Å². The monoisotopic (exact) mass is 787 g/mol. The molecule has 1 aromatic carbocycles. The fraction of sp³-hybridized carbons (Fsp3) is 0.776. The maximum absolute atomic E-state index is 14.2. The number of hydrogen-bond donors (Lipinski definition) is 2. The largest absolute Gasteiger partial charge is 0.481 e. The molecule has 0 spiro atoms. The van der Waals surface area contributed by atoms with Crippen LogP contribution in [-0.2, 0) is 25.7 Å². The summed E-state index contributed by atoms with van der Waals surface area (Å²) in [7, 11) is 0. The van der Waals surface area contributed by atoms with Gasteiger partial charge in [0.1, 0.15) is 6.10 Å². The molecule has 1 heterocycles. The standard InChI is InChI=1S/C49H74N2O6/c1-31(2)41-35(52)27-49(38(53)30-51-25-23-50(24-26-51)29-33-13-11-32(3)12-14-33)22-21-47(9)34(42(41)49)15-16-37-46(8)19-18-39(57-40(54)28-44(4,5)43(55)56)45(6,7)36(46)17-20-48(37,47)10/h11-14,31,34,36-39,53H,15-30H2,1-10H3,(H,55,56)/t34-,36+,37-,38-,39+,46+,47-,48-,49?/m1/s1. The quantitative estimate of drug-likeness (QED) is 0.227. The number of benzene rings is 1. The molecule has 1 saturated heterocycles. The van der Waals surface area contributed by atoms with Crippen LogP contribution in [0.3, 0.4) is 0 Å². The molecule has 1 aliphatic heterocycles. The Bertz CT molecular complexity index is 1760. The van der Waals surface area contributed by atoms with Gasteiger partial charge in [-0.05, 0) is 123 Å². The number of fused-ring (bicyclic) bond motifs is 7. The topological polar surface area (TPSA) is 107 Å². The summed E-state index contributed by atoms with van der Waals surface area (Å²) in [5.41, 5.74) is 3.27. The smallest absolute Gasteiger partial charge is 0.309 e. The number of aliphatic hydroxyl groups excluding tert-OH is 1. The van der Waals surface area contributed by atoms with E-state index in [-0.39, 0.29) is 51.8 Å². The Morgan fingerprint density at radius 3 is 2.14 bits per heavy atom. The number of aliphatic hydroxyl groups is 1. The van der Waals surface area contributed by atoms with Gasteiger partial charge in [-0.3, -0.25) is 24.2 Å². The van der Waals surface area contributed by atoms with Crippen LogP contribution in [0.2, 0.25) is 0 Å². The molecule has 1 aromatic rings. The molecule has 8 heteroatoms. The molecule has 6 aliphatic rings. The van der Waals surface area contributed by atoms with Crippen LogP contribution in [0.4, 0.5) is 0 Å². The number of nitrogens with zero attached hydrogens (tertiary/aromatic N) is 2. The van der Waals surface area contributed by atoms with Gasteiger partial charge in [0.15, 0.2) is 5.78 Å². The number of hydrogen-bond acceptors (Lipinski definition) is 7. The molecular weight excluding hydrogens is 713 g/mol. The molecular formula is C49H74N2O6. The highest BCUT2D eigenvalue weighted by Crippen LogP contribution is 2.77. The first kappa shape index (κ1) is 42.6. The lowest BCUT2D eigenvalue weighted by atomic mass is 9.33. The van der Waals surface area contributed by atoms with Gasteiger partial charge in [-0.2, -0.15) is 0 Å². The summed E-state index contributed by atoms with van der Waals surface area (Å²) in [6.45, 7) is 27.4. The van der Waals surface area contributed by atoms with E-state index in [1.54, 1.807) is 13.8 Å². The summed E-state index contributed by atoms with van der Waals surface area (Å²) < 4.78 is 6.20. The Balaban J connectivity index is 1.10. The van der Waals surface area contributed by atoms with Gasteiger partial charge in [-0.25, -0.2) is 0 Å². The number of rotatable bonds is 10. The first-order valence-electron chi connectivity index (χ1n) is 22.5. The summed E-state index contributed by atoms with van der Waals surface area (Å²) in [6, 6.07) is 8.85. The van der Waals surface area contributed by atoms with Gasteiger partial charge in [-0.15, -0.1) is 0 Å². The van der Waals surface area contributed by atoms with Crippen molar-refractivity contribution in [3.8, 4) is 0 Å². The second-order valence-electron chi connectivity index (χ2n) is 22.1. The summed E-state index contributed by atoms with van der Waals surface area (Å²) >= 11 is 0. The van der Waals surface area contributed by atoms with Crippen molar-refractivity contribution in [1.82, 2.24) is 9.80 Å². The molecule has 0 radical (unpaired) electrons. The predicted octanol–water partition coefficient (Wildman–Crippen LogP) is 8.87. The number of aliphatic carboxylic acids is 1. The highest BCUT2D eigenvalue weighted by atomic mass is 16.5. The van der Waals surface area contributed by atoms with Crippen LogP contribution in [0.15, 0.2) is 35.4 Å². The average Bonchev–Trinajstić information content (AvgIpc) is 3.44. The van der Waals surface area contributed by atoms with Crippen LogP contribution in [0.25, 0.3) is 0 Å². The molecule has 5 aliphatic carbocycles. The number of allylic oxidation sites excluding steroid dienone is 1. The molecule has 7 rings (SSSR count). The van der Waals surface area contributed by atoms with Crippen LogP contribution >= 0.6 is 0 Å². The van der Waals surface area contributed by atoms with E-state index in [4.69, 9.17) is 4.74 Å². The highest BCUT2D eigenvalue weighted by Gasteiger charge is 2.71. The van der Waals surface area contributed by atoms with E-state index in [0.717, 1.165) is 89.7 Å². The SMILES string of the molecule is Cc1ccc(CN2CCN(C[C@@H](O)C34CC[C@]5(C)[C@H](CC[C@@H]6[C@@]7(C)CC[C@H](OC(=O)CC(C)(C)C(=O)O)C(C)(C)[C@@H]7CC[C@]65C)C3=C(C(C)C)C(=O)C4)CC2)cc1. The van der Waals surface area contributed by atoms with E-state index in [9.17, 15) is 24.6 Å². The molecule has 0 amide bonds. The predicted molar refractivity (Wildman–Crippen MR) is 224 cm³/mol. The Hall–Kier alpha value is -2.55. The van der Waals surface area contributed by atoms with E-state index in [1.807, 2.05) is 0 Å². The van der Waals surface area contributed by atoms with Crippen molar-refractivity contribution < 1.29 is 29.3 Å². The number of β-amino-alcohol motifs (C(OH)–C–C–N with tert-alkyl or cyclic N) is 1.